The van der Waals surface area contributed by atoms with Gasteiger partial charge in [-0.15, -0.1) is 0 Å². The highest BCUT2D eigenvalue weighted by atomic mass is 35.5. The summed E-state index contributed by atoms with van der Waals surface area (Å²) in [5, 5.41) is 9.35. The SMILES string of the molecule is CC(C)c1ccccc1S(=O)(=O)Nc1cc(Cl)ccc1OCc1ccc(C(=O)O)cc1. The zero-order chi connectivity index (χ0) is 22.6. The normalized spacial score (nSPS) is 11.4. The molecule has 0 saturated carbocycles. The second-order valence-corrected chi connectivity index (χ2v) is 9.32. The Bertz CT molecular complexity index is 1190. The van der Waals surface area contributed by atoms with Gasteiger partial charge in [0.05, 0.1) is 16.1 Å². The van der Waals surface area contributed by atoms with Gasteiger partial charge in [-0.25, -0.2) is 13.2 Å². The zero-order valence-corrected chi connectivity index (χ0v) is 18.6. The maximum absolute atomic E-state index is 13.1. The Morgan fingerprint density at radius 1 is 1.06 bits per heavy atom. The summed E-state index contributed by atoms with van der Waals surface area (Å²) in [6, 6.07) is 17.7. The predicted molar refractivity (Wildman–Crippen MR) is 121 cm³/mol. The molecular weight excluding hydrogens is 438 g/mol. The molecule has 31 heavy (non-hydrogen) atoms. The Kier molecular flexibility index (Phi) is 6.87. The maximum Gasteiger partial charge on any atom is 0.335 e. The average molecular weight is 460 g/mol. The highest BCUT2D eigenvalue weighted by Gasteiger charge is 2.21. The van der Waals surface area contributed by atoms with Gasteiger partial charge in [0.15, 0.2) is 0 Å². The second-order valence-electron chi connectivity index (χ2n) is 7.23. The minimum absolute atomic E-state index is 0.0247. The van der Waals surface area contributed by atoms with Crippen LogP contribution in [0.2, 0.25) is 5.02 Å². The quantitative estimate of drug-likeness (QED) is 0.461. The van der Waals surface area contributed by atoms with Crippen molar-refractivity contribution >= 4 is 33.3 Å². The maximum atomic E-state index is 13.1. The van der Waals surface area contributed by atoms with Crippen LogP contribution in [0.25, 0.3) is 0 Å². The molecule has 0 radical (unpaired) electrons. The number of anilines is 1. The van der Waals surface area contributed by atoms with Crippen LogP contribution in [0.15, 0.2) is 71.6 Å². The van der Waals surface area contributed by atoms with E-state index in [1.807, 2.05) is 13.8 Å². The Morgan fingerprint density at radius 2 is 1.74 bits per heavy atom. The van der Waals surface area contributed by atoms with Crippen LogP contribution in [-0.2, 0) is 16.6 Å². The van der Waals surface area contributed by atoms with E-state index in [0.29, 0.717) is 16.3 Å². The molecule has 0 unspecified atom stereocenters. The van der Waals surface area contributed by atoms with Crippen LogP contribution in [-0.4, -0.2) is 19.5 Å². The van der Waals surface area contributed by atoms with Gasteiger partial charge >= 0.3 is 5.97 Å². The lowest BCUT2D eigenvalue weighted by Gasteiger charge is -2.17. The first-order valence-corrected chi connectivity index (χ1v) is 11.4. The third-order valence-electron chi connectivity index (χ3n) is 4.61. The highest BCUT2D eigenvalue weighted by molar-refractivity contribution is 7.92. The summed E-state index contributed by atoms with van der Waals surface area (Å²) >= 11 is 6.09. The van der Waals surface area contributed by atoms with Gasteiger partial charge in [-0.3, -0.25) is 4.72 Å². The minimum Gasteiger partial charge on any atom is -0.487 e. The smallest absolute Gasteiger partial charge is 0.335 e. The molecule has 0 aliphatic carbocycles. The van der Waals surface area contributed by atoms with Gasteiger partial charge in [0.2, 0.25) is 0 Å². The summed E-state index contributed by atoms with van der Waals surface area (Å²) in [6.45, 7) is 3.98. The fourth-order valence-corrected chi connectivity index (χ4v) is 4.62. The fourth-order valence-electron chi connectivity index (χ4n) is 3.01. The lowest BCUT2D eigenvalue weighted by Crippen LogP contribution is -2.16. The van der Waals surface area contributed by atoms with Crippen LogP contribution in [0.3, 0.4) is 0 Å². The predicted octanol–water partition coefficient (Wildman–Crippen LogP) is 5.54. The van der Waals surface area contributed by atoms with Crippen LogP contribution in [0.1, 0.15) is 41.3 Å². The molecule has 0 aromatic heterocycles. The topological polar surface area (TPSA) is 92.7 Å². The van der Waals surface area contributed by atoms with E-state index in [2.05, 4.69) is 4.72 Å². The van der Waals surface area contributed by atoms with Crippen molar-refractivity contribution in [1.82, 2.24) is 0 Å². The van der Waals surface area contributed by atoms with E-state index in [1.54, 1.807) is 48.5 Å². The van der Waals surface area contributed by atoms with Crippen LogP contribution in [0.4, 0.5) is 5.69 Å². The summed E-state index contributed by atoms with van der Waals surface area (Å²) < 4.78 is 34.6. The molecule has 162 valence electrons. The largest absolute Gasteiger partial charge is 0.487 e. The Hall–Kier alpha value is -3.03. The molecule has 2 N–H and O–H groups in total. The van der Waals surface area contributed by atoms with Crippen LogP contribution in [0.5, 0.6) is 5.75 Å². The summed E-state index contributed by atoms with van der Waals surface area (Å²) in [5.41, 5.74) is 1.83. The third-order valence-corrected chi connectivity index (χ3v) is 6.29. The summed E-state index contributed by atoms with van der Waals surface area (Å²) in [6.07, 6.45) is 0. The van der Waals surface area contributed by atoms with Crippen molar-refractivity contribution < 1.29 is 23.1 Å². The number of rotatable bonds is 8. The van der Waals surface area contributed by atoms with E-state index in [1.165, 1.54) is 18.2 Å². The van der Waals surface area contributed by atoms with Crippen molar-refractivity contribution in [2.45, 2.75) is 31.3 Å². The molecule has 0 heterocycles. The van der Waals surface area contributed by atoms with E-state index in [-0.39, 0.29) is 28.7 Å². The molecule has 0 amide bonds. The number of aromatic carboxylic acids is 1. The molecular formula is C23H22ClNO5S. The Labute approximate surface area is 186 Å². The van der Waals surface area contributed by atoms with Crippen LogP contribution < -0.4 is 9.46 Å². The van der Waals surface area contributed by atoms with Crippen molar-refractivity contribution in [3.63, 3.8) is 0 Å². The molecule has 3 rings (SSSR count). The number of sulfonamides is 1. The summed E-state index contributed by atoms with van der Waals surface area (Å²) in [5.74, 6) is -0.683. The standard InChI is InChI=1S/C23H22ClNO5S/c1-15(2)19-5-3-4-6-22(19)31(28,29)25-20-13-18(24)11-12-21(20)30-14-16-7-9-17(10-8-16)23(26)27/h3-13,15,25H,14H2,1-2H3,(H,26,27). The lowest BCUT2D eigenvalue weighted by molar-refractivity contribution is 0.0697. The number of halogens is 1. The molecule has 0 aliphatic rings. The van der Waals surface area contributed by atoms with Crippen molar-refractivity contribution in [1.29, 1.82) is 0 Å². The number of carbonyl (C=O) groups is 1. The van der Waals surface area contributed by atoms with E-state index < -0.39 is 16.0 Å². The number of hydrogen-bond acceptors (Lipinski definition) is 4. The second kappa shape index (κ2) is 9.41. The first-order valence-electron chi connectivity index (χ1n) is 9.53. The fraction of sp³-hybridized carbons (Fsp3) is 0.174. The van der Waals surface area contributed by atoms with Gasteiger partial charge in [-0.2, -0.15) is 0 Å². The van der Waals surface area contributed by atoms with E-state index in [4.69, 9.17) is 21.4 Å². The van der Waals surface area contributed by atoms with Gasteiger partial charge in [0.25, 0.3) is 10.0 Å². The Morgan fingerprint density at radius 3 is 2.39 bits per heavy atom. The Balaban J connectivity index is 1.85. The van der Waals surface area contributed by atoms with E-state index in [0.717, 1.165) is 5.56 Å². The molecule has 0 saturated heterocycles. The molecule has 3 aromatic carbocycles. The first-order chi connectivity index (χ1) is 14.7. The third kappa shape index (κ3) is 5.57. The van der Waals surface area contributed by atoms with Crippen LogP contribution in [0, 0.1) is 0 Å². The molecule has 0 bridgehead atoms. The number of nitrogens with one attached hydrogen (secondary N) is 1. The van der Waals surface area contributed by atoms with Crippen molar-refractivity contribution in [3.05, 3.63) is 88.4 Å². The van der Waals surface area contributed by atoms with Crippen molar-refractivity contribution in [2.75, 3.05) is 4.72 Å². The van der Waals surface area contributed by atoms with Crippen molar-refractivity contribution in [3.8, 4) is 5.75 Å². The summed E-state index contributed by atoms with van der Waals surface area (Å²) in [7, 11) is -3.88. The molecule has 3 aromatic rings. The summed E-state index contributed by atoms with van der Waals surface area (Å²) in [4.78, 5) is 11.2. The highest BCUT2D eigenvalue weighted by Crippen LogP contribution is 2.32. The first kappa shape index (κ1) is 22.7. The minimum atomic E-state index is -3.88. The van der Waals surface area contributed by atoms with Crippen molar-refractivity contribution in [2.24, 2.45) is 0 Å². The number of carboxylic acids is 1. The number of carboxylic acid groups (broad SMARTS) is 1. The molecule has 0 atom stereocenters. The van der Waals surface area contributed by atoms with Gasteiger partial charge in [-0.05, 0) is 53.4 Å². The molecule has 0 fully saturated rings. The van der Waals surface area contributed by atoms with Crippen LogP contribution >= 0.6 is 11.6 Å². The monoisotopic (exact) mass is 459 g/mol. The van der Waals surface area contributed by atoms with Gasteiger partial charge in [0.1, 0.15) is 12.4 Å². The van der Waals surface area contributed by atoms with Gasteiger partial charge in [0, 0.05) is 5.02 Å². The zero-order valence-electron chi connectivity index (χ0n) is 17.0. The molecule has 0 spiro atoms. The number of hydrogen-bond donors (Lipinski definition) is 2. The molecule has 0 aliphatic heterocycles. The average Bonchev–Trinajstić information content (AvgIpc) is 2.73. The van der Waals surface area contributed by atoms with E-state index >= 15 is 0 Å². The number of ether oxygens (including phenoxy) is 1. The van der Waals surface area contributed by atoms with Gasteiger partial charge < -0.3 is 9.84 Å². The number of benzene rings is 3. The lowest BCUT2D eigenvalue weighted by atomic mass is 10.0. The van der Waals surface area contributed by atoms with Gasteiger partial charge in [-0.1, -0.05) is 55.8 Å². The molecule has 6 nitrogen and oxygen atoms in total. The van der Waals surface area contributed by atoms with E-state index in [9.17, 15) is 13.2 Å². The molecule has 8 heteroatoms.